The topological polar surface area (TPSA) is 80.4 Å². The van der Waals surface area contributed by atoms with E-state index in [2.05, 4.69) is 23.9 Å². The van der Waals surface area contributed by atoms with Crippen LogP contribution in [0.1, 0.15) is 26.7 Å². The predicted octanol–water partition coefficient (Wildman–Crippen LogP) is 2.07. The third kappa shape index (κ3) is 6.13. The Balaban J connectivity index is 1.73. The summed E-state index contributed by atoms with van der Waals surface area (Å²) in [4.78, 5) is 21.4. The van der Waals surface area contributed by atoms with Crippen LogP contribution in [0, 0.1) is 5.92 Å². The second kappa shape index (κ2) is 9.89. The summed E-state index contributed by atoms with van der Waals surface area (Å²) < 4.78 is 5.18. The average Bonchev–Trinajstić information content (AvgIpc) is 2.66. The van der Waals surface area contributed by atoms with Gasteiger partial charge in [0.15, 0.2) is 6.61 Å². The molecule has 0 aliphatic carbocycles. The Morgan fingerprint density at radius 3 is 2.42 bits per heavy atom. The van der Waals surface area contributed by atoms with Crippen molar-refractivity contribution in [2.45, 2.75) is 26.7 Å². The molecule has 1 amide bonds. The number of nitrogens with zero attached hydrogens (tertiary/aromatic N) is 3. The van der Waals surface area contributed by atoms with Crippen molar-refractivity contribution in [3.05, 3.63) is 24.3 Å². The van der Waals surface area contributed by atoms with Gasteiger partial charge in [-0.2, -0.15) is 0 Å². The quantitative estimate of drug-likeness (QED) is 0.435. The van der Waals surface area contributed by atoms with Crippen molar-refractivity contribution in [1.82, 2.24) is 4.90 Å². The molecule has 1 heterocycles. The fraction of sp³-hybridized carbons (Fsp3) is 0.579. The number of hydrogen-bond donors (Lipinski definition) is 1. The fourth-order valence-electron chi connectivity index (χ4n) is 2.75. The zero-order valence-corrected chi connectivity index (χ0v) is 16.0. The maximum absolute atomic E-state index is 12.2. The van der Waals surface area contributed by atoms with Crippen LogP contribution in [0.4, 0.5) is 5.69 Å². The highest BCUT2D eigenvalue weighted by atomic mass is 16.6. The first-order valence-electron chi connectivity index (χ1n) is 9.10. The molecule has 144 valence electrons. The third-order valence-electron chi connectivity index (χ3n) is 4.42. The summed E-state index contributed by atoms with van der Waals surface area (Å²) in [5, 5.41) is 3.83. The molecular weight excluding hydrogens is 332 g/mol. The number of carbonyl (C=O) groups is 1. The van der Waals surface area contributed by atoms with E-state index in [1.54, 1.807) is 12.0 Å². The van der Waals surface area contributed by atoms with Crippen LogP contribution in [0.25, 0.3) is 0 Å². The minimum absolute atomic E-state index is 0.0557. The van der Waals surface area contributed by atoms with Gasteiger partial charge in [-0.15, -0.1) is 0 Å². The summed E-state index contributed by atoms with van der Waals surface area (Å²) in [6.07, 6.45) is 1.65. The standard InChI is InChI=1S/C19H30N4O3/c1-15(2)4-9-18(20)21-26-14-19(24)23-12-10-22(11-13-23)16-5-7-17(25-3)8-6-16/h5-8,15H,4,9-14H2,1-3H3,(H2,20,21). The number of anilines is 1. The van der Waals surface area contributed by atoms with Crippen LogP contribution in [-0.2, 0) is 9.63 Å². The van der Waals surface area contributed by atoms with Crippen LogP contribution < -0.4 is 15.4 Å². The molecule has 0 saturated carbocycles. The molecule has 1 aromatic rings. The second-order valence-corrected chi connectivity index (χ2v) is 6.85. The van der Waals surface area contributed by atoms with Crippen molar-refractivity contribution in [3.8, 4) is 5.75 Å². The molecule has 0 spiro atoms. The van der Waals surface area contributed by atoms with E-state index in [9.17, 15) is 4.79 Å². The maximum atomic E-state index is 12.2. The molecular formula is C19H30N4O3. The molecule has 7 nitrogen and oxygen atoms in total. The zero-order chi connectivity index (χ0) is 18.9. The van der Waals surface area contributed by atoms with Gasteiger partial charge in [0.1, 0.15) is 11.6 Å². The third-order valence-corrected chi connectivity index (χ3v) is 4.42. The number of benzene rings is 1. The minimum Gasteiger partial charge on any atom is -0.497 e. The lowest BCUT2D eigenvalue weighted by Crippen LogP contribution is -2.49. The van der Waals surface area contributed by atoms with Crippen molar-refractivity contribution in [2.75, 3.05) is 44.8 Å². The molecule has 0 unspecified atom stereocenters. The number of amides is 1. The Morgan fingerprint density at radius 2 is 1.85 bits per heavy atom. The number of methoxy groups -OCH3 is 1. The number of amidine groups is 1. The first-order chi connectivity index (χ1) is 12.5. The number of carbonyl (C=O) groups excluding carboxylic acids is 1. The molecule has 0 radical (unpaired) electrons. The van der Waals surface area contributed by atoms with E-state index < -0.39 is 0 Å². The van der Waals surface area contributed by atoms with E-state index in [1.165, 1.54) is 0 Å². The lowest BCUT2D eigenvalue weighted by Gasteiger charge is -2.36. The number of hydrogen-bond acceptors (Lipinski definition) is 5. The molecule has 26 heavy (non-hydrogen) atoms. The highest BCUT2D eigenvalue weighted by Crippen LogP contribution is 2.20. The Kier molecular flexibility index (Phi) is 7.56. The van der Waals surface area contributed by atoms with Gasteiger partial charge in [0, 0.05) is 38.3 Å². The Bertz CT molecular complexity index is 593. The Morgan fingerprint density at radius 1 is 1.19 bits per heavy atom. The van der Waals surface area contributed by atoms with Crippen molar-refractivity contribution in [3.63, 3.8) is 0 Å². The van der Waals surface area contributed by atoms with Gasteiger partial charge >= 0.3 is 0 Å². The number of rotatable bonds is 8. The molecule has 2 N–H and O–H groups in total. The van der Waals surface area contributed by atoms with Gasteiger partial charge in [0.2, 0.25) is 0 Å². The summed E-state index contributed by atoms with van der Waals surface area (Å²) in [5.74, 6) is 1.79. The Labute approximate surface area is 155 Å². The van der Waals surface area contributed by atoms with Crippen LogP contribution in [-0.4, -0.2) is 56.5 Å². The number of piperazine rings is 1. The zero-order valence-electron chi connectivity index (χ0n) is 16.0. The minimum atomic E-state index is -0.0646. The van der Waals surface area contributed by atoms with E-state index in [4.69, 9.17) is 15.3 Å². The van der Waals surface area contributed by atoms with Gasteiger partial charge in [-0.05, 0) is 36.6 Å². The summed E-state index contributed by atoms with van der Waals surface area (Å²) in [7, 11) is 1.66. The second-order valence-electron chi connectivity index (χ2n) is 6.85. The van der Waals surface area contributed by atoms with Crippen LogP contribution in [0.15, 0.2) is 29.4 Å². The normalized spacial score (nSPS) is 15.3. The van der Waals surface area contributed by atoms with Crippen molar-refractivity contribution in [1.29, 1.82) is 0 Å². The van der Waals surface area contributed by atoms with Crippen molar-refractivity contribution < 1.29 is 14.4 Å². The molecule has 1 aliphatic heterocycles. The molecule has 1 saturated heterocycles. The summed E-state index contributed by atoms with van der Waals surface area (Å²) >= 11 is 0. The lowest BCUT2D eigenvalue weighted by atomic mass is 10.1. The summed E-state index contributed by atoms with van der Waals surface area (Å²) in [5.41, 5.74) is 6.91. The van der Waals surface area contributed by atoms with Crippen LogP contribution in [0.5, 0.6) is 5.75 Å². The molecule has 1 aromatic carbocycles. The SMILES string of the molecule is COc1ccc(N2CCN(C(=O)CO/N=C(\N)CCC(C)C)CC2)cc1. The molecule has 0 atom stereocenters. The predicted molar refractivity (Wildman–Crippen MR) is 103 cm³/mol. The lowest BCUT2D eigenvalue weighted by molar-refractivity contribution is -0.136. The largest absolute Gasteiger partial charge is 0.497 e. The number of oxime groups is 1. The van der Waals surface area contributed by atoms with E-state index in [0.29, 0.717) is 31.3 Å². The molecule has 7 heteroatoms. The monoisotopic (exact) mass is 362 g/mol. The highest BCUT2D eigenvalue weighted by molar-refractivity contribution is 5.80. The van der Waals surface area contributed by atoms with Gasteiger partial charge in [-0.1, -0.05) is 19.0 Å². The van der Waals surface area contributed by atoms with Gasteiger partial charge in [-0.25, -0.2) is 0 Å². The van der Waals surface area contributed by atoms with Crippen molar-refractivity contribution in [2.24, 2.45) is 16.8 Å². The molecule has 2 rings (SSSR count). The molecule has 1 fully saturated rings. The van der Waals surface area contributed by atoms with Gasteiger partial charge in [-0.3, -0.25) is 4.79 Å². The van der Waals surface area contributed by atoms with Gasteiger partial charge in [0.25, 0.3) is 5.91 Å². The van der Waals surface area contributed by atoms with E-state index in [-0.39, 0.29) is 12.5 Å². The smallest absolute Gasteiger partial charge is 0.263 e. The van der Waals surface area contributed by atoms with Gasteiger partial charge < -0.3 is 25.1 Å². The fourth-order valence-corrected chi connectivity index (χ4v) is 2.75. The molecule has 0 bridgehead atoms. The summed E-state index contributed by atoms with van der Waals surface area (Å²) in [6.45, 7) is 7.11. The molecule has 1 aliphatic rings. The van der Waals surface area contributed by atoms with Crippen LogP contribution in [0.2, 0.25) is 0 Å². The summed E-state index contributed by atoms with van der Waals surface area (Å²) in [6, 6.07) is 7.97. The van der Waals surface area contributed by atoms with Crippen molar-refractivity contribution >= 4 is 17.4 Å². The van der Waals surface area contributed by atoms with E-state index in [0.717, 1.165) is 30.9 Å². The Hall–Kier alpha value is -2.44. The van der Waals surface area contributed by atoms with Gasteiger partial charge in [0.05, 0.1) is 7.11 Å². The number of nitrogens with two attached hydrogens (primary N) is 1. The highest BCUT2D eigenvalue weighted by Gasteiger charge is 2.21. The van der Waals surface area contributed by atoms with E-state index >= 15 is 0 Å². The number of ether oxygens (including phenoxy) is 1. The molecule has 0 aromatic heterocycles. The van der Waals surface area contributed by atoms with Crippen LogP contribution >= 0.6 is 0 Å². The average molecular weight is 362 g/mol. The first-order valence-corrected chi connectivity index (χ1v) is 9.10. The van der Waals surface area contributed by atoms with Crippen LogP contribution in [0.3, 0.4) is 0 Å². The maximum Gasteiger partial charge on any atom is 0.263 e. The first kappa shape index (κ1) is 19.9. The van der Waals surface area contributed by atoms with E-state index in [1.807, 2.05) is 24.3 Å².